The van der Waals surface area contributed by atoms with Crippen molar-refractivity contribution >= 4 is 5.91 Å². The van der Waals surface area contributed by atoms with Gasteiger partial charge in [-0.15, -0.1) is 0 Å². The molecule has 138 valence electrons. The van der Waals surface area contributed by atoms with Gasteiger partial charge >= 0.3 is 0 Å². The van der Waals surface area contributed by atoms with Crippen LogP contribution in [0.5, 0.6) is 0 Å². The highest BCUT2D eigenvalue weighted by Crippen LogP contribution is 2.33. The van der Waals surface area contributed by atoms with Crippen molar-refractivity contribution in [1.29, 1.82) is 0 Å². The number of carbonyl (C=O) groups is 1. The second-order valence-electron chi connectivity index (χ2n) is 6.75. The topological polar surface area (TPSA) is 84.6 Å². The third kappa shape index (κ3) is 4.49. The summed E-state index contributed by atoms with van der Waals surface area (Å²) in [6.45, 7) is 0.794. The lowest BCUT2D eigenvalue weighted by Gasteiger charge is -2.37. The van der Waals surface area contributed by atoms with Gasteiger partial charge in [-0.1, -0.05) is 54.6 Å². The van der Waals surface area contributed by atoms with Gasteiger partial charge < -0.3 is 15.6 Å². The molecule has 26 heavy (non-hydrogen) atoms. The molecule has 3 atom stereocenters. The van der Waals surface area contributed by atoms with Crippen LogP contribution in [-0.2, 0) is 22.4 Å². The van der Waals surface area contributed by atoms with Gasteiger partial charge in [-0.2, -0.15) is 0 Å². The number of amides is 1. The van der Waals surface area contributed by atoms with Gasteiger partial charge in [0.2, 0.25) is 5.91 Å². The van der Waals surface area contributed by atoms with Gasteiger partial charge in [0.15, 0.2) is 0 Å². The Morgan fingerprint density at radius 3 is 2.65 bits per heavy atom. The maximum atomic E-state index is 11.8. The van der Waals surface area contributed by atoms with Gasteiger partial charge in [-0.05, 0) is 29.5 Å². The fourth-order valence-electron chi connectivity index (χ4n) is 3.67. The second kappa shape index (κ2) is 8.94. The Balaban J connectivity index is 1.88. The number of rotatable bonds is 8. The zero-order valence-electron chi connectivity index (χ0n) is 14.8. The van der Waals surface area contributed by atoms with Crippen LogP contribution in [0.2, 0.25) is 0 Å². The number of aliphatic hydroxyl groups excluding tert-OH is 1. The Labute approximate surface area is 154 Å². The van der Waals surface area contributed by atoms with Gasteiger partial charge in [-0.25, -0.2) is 0 Å². The second-order valence-corrected chi connectivity index (χ2v) is 6.75. The number of carbonyl (C=O) groups excluding carboxylic acids is 1. The number of hydrogen-bond acceptors (Lipinski definition) is 4. The molecule has 5 heteroatoms. The Hall–Kier alpha value is -2.21. The molecule has 0 aromatic heterocycles. The summed E-state index contributed by atoms with van der Waals surface area (Å²) in [6.07, 6.45) is 1.42. The summed E-state index contributed by atoms with van der Waals surface area (Å²) in [7, 11) is 0. The van der Waals surface area contributed by atoms with Crippen molar-refractivity contribution in [2.75, 3.05) is 19.8 Å². The molecule has 2 unspecified atom stereocenters. The van der Waals surface area contributed by atoms with E-state index in [1.165, 1.54) is 11.1 Å². The molecule has 2 aromatic rings. The Kier molecular flexibility index (Phi) is 6.39. The number of nitrogens with one attached hydrogen (secondary N) is 1. The van der Waals surface area contributed by atoms with E-state index in [4.69, 9.17) is 15.6 Å². The lowest BCUT2D eigenvalue weighted by Crippen LogP contribution is -2.50. The molecule has 0 saturated carbocycles. The number of fused-ring (bicyclic) bond motifs is 1. The van der Waals surface area contributed by atoms with Crippen LogP contribution in [0.1, 0.15) is 22.7 Å². The summed E-state index contributed by atoms with van der Waals surface area (Å²) in [5, 5.41) is 12.5. The number of ether oxygens (including phenoxy) is 1. The van der Waals surface area contributed by atoms with Crippen molar-refractivity contribution in [3.63, 3.8) is 0 Å². The maximum absolute atomic E-state index is 11.8. The lowest BCUT2D eigenvalue weighted by molar-refractivity contribution is -0.120. The van der Waals surface area contributed by atoms with Crippen molar-refractivity contribution in [2.24, 2.45) is 11.7 Å². The minimum Gasteiger partial charge on any atom is -0.394 e. The fourth-order valence-corrected chi connectivity index (χ4v) is 3.67. The first-order valence-electron chi connectivity index (χ1n) is 9.04. The molecule has 2 aromatic carbocycles. The van der Waals surface area contributed by atoms with Crippen LogP contribution in [0.4, 0.5) is 0 Å². The van der Waals surface area contributed by atoms with E-state index < -0.39 is 0 Å². The Morgan fingerprint density at radius 2 is 1.92 bits per heavy atom. The van der Waals surface area contributed by atoms with Crippen LogP contribution in [0.3, 0.4) is 0 Å². The Bertz CT molecular complexity index is 720. The quantitative estimate of drug-likeness (QED) is 0.629. The first kappa shape index (κ1) is 18.6. The molecular formula is C21H26N2O3. The van der Waals surface area contributed by atoms with Crippen LogP contribution in [-0.4, -0.2) is 36.9 Å². The summed E-state index contributed by atoms with van der Waals surface area (Å²) in [6, 6.07) is 18.0. The average molecular weight is 354 g/mol. The number of primary amides is 1. The molecule has 1 heterocycles. The molecule has 3 rings (SSSR count). The zero-order valence-corrected chi connectivity index (χ0v) is 14.8. The lowest BCUT2D eigenvalue weighted by atomic mass is 9.81. The van der Waals surface area contributed by atoms with E-state index in [0.29, 0.717) is 19.6 Å². The third-order valence-electron chi connectivity index (χ3n) is 4.92. The molecule has 0 radical (unpaired) electrons. The van der Waals surface area contributed by atoms with Crippen LogP contribution in [0.15, 0.2) is 54.6 Å². The monoisotopic (exact) mass is 354 g/mol. The molecule has 1 amide bonds. The largest absolute Gasteiger partial charge is 0.394 e. The summed E-state index contributed by atoms with van der Waals surface area (Å²) in [4.78, 5) is 11.8. The molecule has 0 saturated heterocycles. The molecule has 0 aliphatic carbocycles. The zero-order chi connectivity index (χ0) is 18.4. The van der Waals surface area contributed by atoms with Gasteiger partial charge in [0.05, 0.1) is 25.9 Å². The number of hydrogen-bond donors (Lipinski definition) is 3. The standard InChI is InChI=1S/C21H26N2O3/c22-21(25)19-13-16-8-4-5-9-18(16)20(23-19)17(14-26-11-10-24)12-15-6-2-1-3-7-15/h1-9,17,19-20,23-24H,10-14H2,(H2,22,25)/t17-,19?,20?/m1/s1. The van der Waals surface area contributed by atoms with Crippen molar-refractivity contribution in [3.05, 3.63) is 71.3 Å². The van der Waals surface area contributed by atoms with Crippen molar-refractivity contribution in [2.45, 2.75) is 24.9 Å². The number of benzene rings is 2. The van der Waals surface area contributed by atoms with Crippen LogP contribution >= 0.6 is 0 Å². The van der Waals surface area contributed by atoms with Crippen molar-refractivity contribution in [1.82, 2.24) is 5.32 Å². The van der Waals surface area contributed by atoms with Crippen LogP contribution < -0.4 is 11.1 Å². The minimum absolute atomic E-state index is 0.00332. The Morgan fingerprint density at radius 1 is 1.19 bits per heavy atom. The molecule has 4 N–H and O–H groups in total. The minimum atomic E-state index is -0.383. The number of aliphatic hydroxyl groups is 1. The summed E-state index contributed by atoms with van der Waals surface area (Å²) in [5.74, 6) is -0.216. The molecule has 1 aliphatic heterocycles. The first-order chi connectivity index (χ1) is 12.7. The highest BCUT2D eigenvalue weighted by atomic mass is 16.5. The van der Waals surface area contributed by atoms with Crippen molar-refractivity contribution in [3.8, 4) is 0 Å². The van der Waals surface area contributed by atoms with E-state index in [-0.39, 0.29) is 30.5 Å². The van der Waals surface area contributed by atoms with E-state index in [1.807, 2.05) is 30.3 Å². The van der Waals surface area contributed by atoms with Crippen LogP contribution in [0, 0.1) is 5.92 Å². The maximum Gasteiger partial charge on any atom is 0.234 e. The van der Waals surface area contributed by atoms with E-state index in [2.05, 4.69) is 29.6 Å². The normalized spacial score (nSPS) is 20.3. The molecular weight excluding hydrogens is 328 g/mol. The molecule has 0 spiro atoms. The van der Waals surface area contributed by atoms with E-state index in [9.17, 15) is 4.79 Å². The van der Waals surface area contributed by atoms with Gasteiger partial charge in [0.25, 0.3) is 0 Å². The third-order valence-corrected chi connectivity index (χ3v) is 4.92. The number of nitrogens with two attached hydrogens (primary N) is 1. The summed E-state index contributed by atoms with van der Waals surface area (Å²) >= 11 is 0. The smallest absolute Gasteiger partial charge is 0.234 e. The highest BCUT2D eigenvalue weighted by molar-refractivity contribution is 5.80. The SMILES string of the molecule is NC(=O)C1Cc2ccccc2C([C@@H](COCCO)Cc2ccccc2)N1. The van der Waals surface area contributed by atoms with Gasteiger partial charge in [0.1, 0.15) is 0 Å². The van der Waals surface area contributed by atoms with Crippen LogP contribution in [0.25, 0.3) is 0 Å². The van der Waals surface area contributed by atoms with Gasteiger partial charge in [0, 0.05) is 12.0 Å². The van der Waals surface area contributed by atoms with E-state index in [1.54, 1.807) is 0 Å². The fraction of sp³-hybridized carbons (Fsp3) is 0.381. The molecule has 0 fully saturated rings. The summed E-state index contributed by atoms with van der Waals surface area (Å²) < 4.78 is 5.67. The average Bonchev–Trinajstić information content (AvgIpc) is 2.67. The molecule has 1 aliphatic rings. The van der Waals surface area contributed by atoms with Crippen molar-refractivity contribution < 1.29 is 14.6 Å². The first-order valence-corrected chi connectivity index (χ1v) is 9.04. The predicted octanol–water partition coefficient (Wildman–Crippen LogP) is 1.60. The van der Waals surface area contributed by atoms with Gasteiger partial charge in [-0.3, -0.25) is 10.1 Å². The highest BCUT2D eigenvalue weighted by Gasteiger charge is 2.34. The van der Waals surface area contributed by atoms with E-state index in [0.717, 1.165) is 12.0 Å². The molecule has 5 nitrogen and oxygen atoms in total. The molecule has 0 bridgehead atoms. The summed E-state index contributed by atoms with van der Waals surface area (Å²) in [5.41, 5.74) is 9.15. The van der Waals surface area contributed by atoms with E-state index >= 15 is 0 Å². The predicted molar refractivity (Wildman–Crippen MR) is 101 cm³/mol.